The molecule has 0 amide bonds. The Balaban J connectivity index is 2.53. The van der Waals surface area contributed by atoms with Gasteiger partial charge in [-0.25, -0.2) is 0 Å². The van der Waals surface area contributed by atoms with E-state index >= 15 is 0 Å². The fraction of sp³-hybridized carbons (Fsp3) is 0.778. The van der Waals surface area contributed by atoms with E-state index in [0.29, 0.717) is 12.8 Å². The lowest BCUT2D eigenvalue weighted by atomic mass is 9.83. The molecule has 3 atom stereocenters. The monoisotopic (exact) mass is 310 g/mol. The van der Waals surface area contributed by atoms with Gasteiger partial charge in [-0.2, -0.15) is 0 Å². The van der Waals surface area contributed by atoms with E-state index in [4.69, 9.17) is 4.74 Å². The highest BCUT2D eigenvalue weighted by Crippen LogP contribution is 2.28. The molecule has 0 fully saturated rings. The van der Waals surface area contributed by atoms with E-state index in [1.807, 2.05) is 12.2 Å². The zero-order valence-corrected chi connectivity index (χ0v) is 13.9. The van der Waals surface area contributed by atoms with Crippen LogP contribution in [0.1, 0.15) is 71.6 Å². The van der Waals surface area contributed by atoms with E-state index in [1.54, 1.807) is 0 Å². The molecule has 126 valence electrons. The van der Waals surface area contributed by atoms with Gasteiger partial charge in [-0.1, -0.05) is 51.7 Å². The van der Waals surface area contributed by atoms with Gasteiger partial charge in [0.2, 0.25) is 0 Å². The zero-order valence-electron chi connectivity index (χ0n) is 13.9. The van der Waals surface area contributed by atoms with E-state index in [2.05, 4.69) is 13.8 Å². The SMILES string of the molecule is CCCCCCC(CCC)OC(=O)C1CC=CCC1C(=O)O. The number of carbonyl (C=O) groups excluding carboxylic acids is 1. The first-order valence-corrected chi connectivity index (χ1v) is 8.68. The molecule has 0 aromatic rings. The van der Waals surface area contributed by atoms with Crippen molar-refractivity contribution in [1.82, 2.24) is 0 Å². The van der Waals surface area contributed by atoms with Crippen LogP contribution >= 0.6 is 0 Å². The molecule has 0 aromatic heterocycles. The fourth-order valence-electron chi connectivity index (χ4n) is 2.98. The van der Waals surface area contributed by atoms with Crippen LogP contribution in [0.3, 0.4) is 0 Å². The molecule has 0 saturated heterocycles. The summed E-state index contributed by atoms with van der Waals surface area (Å²) < 4.78 is 5.65. The number of aliphatic carboxylic acids is 1. The lowest BCUT2D eigenvalue weighted by molar-refractivity contribution is -0.162. The van der Waals surface area contributed by atoms with Crippen molar-refractivity contribution in [2.45, 2.75) is 77.7 Å². The number of carboxylic acids is 1. The summed E-state index contributed by atoms with van der Waals surface area (Å²) in [5.74, 6) is -2.40. The number of unbranched alkanes of at least 4 members (excludes halogenated alkanes) is 3. The van der Waals surface area contributed by atoms with Crippen LogP contribution in [0.25, 0.3) is 0 Å². The van der Waals surface area contributed by atoms with E-state index < -0.39 is 17.8 Å². The summed E-state index contributed by atoms with van der Waals surface area (Å²) in [6.07, 6.45) is 11.9. The van der Waals surface area contributed by atoms with E-state index in [9.17, 15) is 14.7 Å². The molecule has 0 aliphatic heterocycles. The second kappa shape index (κ2) is 10.4. The first kappa shape index (κ1) is 18.7. The molecule has 0 saturated carbocycles. The van der Waals surface area contributed by atoms with Crippen molar-refractivity contribution < 1.29 is 19.4 Å². The van der Waals surface area contributed by atoms with Crippen molar-refractivity contribution >= 4 is 11.9 Å². The van der Waals surface area contributed by atoms with Crippen molar-refractivity contribution in [3.05, 3.63) is 12.2 Å². The van der Waals surface area contributed by atoms with Gasteiger partial charge in [0.1, 0.15) is 6.10 Å². The topological polar surface area (TPSA) is 63.6 Å². The van der Waals surface area contributed by atoms with Crippen LogP contribution in [0.5, 0.6) is 0 Å². The Morgan fingerprint density at radius 2 is 1.73 bits per heavy atom. The number of allylic oxidation sites excluding steroid dienone is 2. The third-order valence-corrected chi connectivity index (χ3v) is 4.33. The van der Waals surface area contributed by atoms with Gasteiger partial charge >= 0.3 is 11.9 Å². The Bertz CT molecular complexity index is 375. The zero-order chi connectivity index (χ0) is 16.4. The van der Waals surface area contributed by atoms with Crippen LogP contribution in [-0.4, -0.2) is 23.1 Å². The molecule has 0 aromatic carbocycles. The molecule has 0 heterocycles. The van der Waals surface area contributed by atoms with Gasteiger partial charge in [-0.05, 0) is 32.1 Å². The van der Waals surface area contributed by atoms with E-state index in [-0.39, 0.29) is 12.1 Å². The number of hydrogen-bond acceptors (Lipinski definition) is 3. The lowest BCUT2D eigenvalue weighted by Gasteiger charge is -2.26. The highest BCUT2D eigenvalue weighted by Gasteiger charge is 2.35. The Kier molecular flexibility index (Phi) is 8.86. The summed E-state index contributed by atoms with van der Waals surface area (Å²) in [4.78, 5) is 23.7. The van der Waals surface area contributed by atoms with Gasteiger partial charge in [-0.15, -0.1) is 0 Å². The predicted octanol–water partition coefficient (Wildman–Crippen LogP) is 4.34. The number of ether oxygens (including phenoxy) is 1. The van der Waals surface area contributed by atoms with Crippen LogP contribution in [0.4, 0.5) is 0 Å². The highest BCUT2D eigenvalue weighted by atomic mass is 16.5. The molecule has 0 spiro atoms. The van der Waals surface area contributed by atoms with Crippen LogP contribution < -0.4 is 0 Å². The summed E-state index contributed by atoms with van der Waals surface area (Å²) >= 11 is 0. The maximum absolute atomic E-state index is 12.4. The van der Waals surface area contributed by atoms with Gasteiger partial charge < -0.3 is 9.84 Å². The first-order chi connectivity index (χ1) is 10.6. The number of rotatable bonds is 10. The van der Waals surface area contributed by atoms with Crippen LogP contribution in [0, 0.1) is 11.8 Å². The maximum atomic E-state index is 12.4. The Labute approximate surface area is 133 Å². The molecule has 1 aliphatic carbocycles. The normalized spacial score (nSPS) is 22.3. The molecule has 4 nitrogen and oxygen atoms in total. The quantitative estimate of drug-likeness (QED) is 0.370. The van der Waals surface area contributed by atoms with Crippen molar-refractivity contribution in [2.75, 3.05) is 0 Å². The predicted molar refractivity (Wildman–Crippen MR) is 86.5 cm³/mol. The van der Waals surface area contributed by atoms with Crippen molar-refractivity contribution in [2.24, 2.45) is 11.8 Å². The smallest absolute Gasteiger partial charge is 0.310 e. The largest absolute Gasteiger partial charge is 0.481 e. The van der Waals surface area contributed by atoms with Gasteiger partial charge in [0.05, 0.1) is 11.8 Å². The number of carboxylic acid groups (broad SMARTS) is 1. The minimum absolute atomic E-state index is 0.0605. The molecule has 1 N–H and O–H groups in total. The van der Waals surface area contributed by atoms with Gasteiger partial charge in [-0.3, -0.25) is 9.59 Å². The highest BCUT2D eigenvalue weighted by molar-refractivity contribution is 5.81. The molecule has 3 unspecified atom stereocenters. The van der Waals surface area contributed by atoms with Gasteiger partial charge in [0.25, 0.3) is 0 Å². The standard InChI is InChI=1S/C18H30O4/c1-3-5-6-7-11-14(10-4-2)22-18(21)16-13-9-8-12-15(16)17(19)20/h8-9,14-16H,3-7,10-13H2,1-2H3,(H,19,20). The van der Waals surface area contributed by atoms with Crippen LogP contribution in [0.2, 0.25) is 0 Å². The molecule has 22 heavy (non-hydrogen) atoms. The van der Waals surface area contributed by atoms with E-state index in [1.165, 1.54) is 12.8 Å². The second-order valence-corrected chi connectivity index (χ2v) is 6.19. The average molecular weight is 310 g/mol. The molecule has 0 bridgehead atoms. The van der Waals surface area contributed by atoms with Crippen molar-refractivity contribution in [1.29, 1.82) is 0 Å². The van der Waals surface area contributed by atoms with Gasteiger partial charge in [0, 0.05) is 0 Å². The third-order valence-electron chi connectivity index (χ3n) is 4.33. The van der Waals surface area contributed by atoms with Gasteiger partial charge in [0.15, 0.2) is 0 Å². The number of carbonyl (C=O) groups is 2. The molecule has 4 heteroatoms. The fourth-order valence-corrected chi connectivity index (χ4v) is 2.98. The summed E-state index contributed by atoms with van der Waals surface area (Å²) in [6.45, 7) is 4.25. The summed E-state index contributed by atoms with van der Waals surface area (Å²) in [5.41, 5.74) is 0. The van der Waals surface area contributed by atoms with E-state index in [0.717, 1.165) is 32.1 Å². The third kappa shape index (κ3) is 6.20. The van der Waals surface area contributed by atoms with Crippen molar-refractivity contribution in [3.63, 3.8) is 0 Å². The second-order valence-electron chi connectivity index (χ2n) is 6.19. The Hall–Kier alpha value is -1.32. The first-order valence-electron chi connectivity index (χ1n) is 8.68. The maximum Gasteiger partial charge on any atom is 0.310 e. The van der Waals surface area contributed by atoms with Crippen LogP contribution in [0.15, 0.2) is 12.2 Å². The minimum Gasteiger partial charge on any atom is -0.481 e. The summed E-state index contributed by atoms with van der Waals surface area (Å²) in [5, 5.41) is 9.25. The number of hydrogen-bond donors (Lipinski definition) is 1. The molecular weight excluding hydrogens is 280 g/mol. The molecular formula is C18H30O4. The molecule has 1 rings (SSSR count). The summed E-state index contributed by atoms with van der Waals surface area (Å²) in [6, 6.07) is 0. The van der Waals surface area contributed by atoms with Crippen LogP contribution in [-0.2, 0) is 14.3 Å². The van der Waals surface area contributed by atoms with Crippen molar-refractivity contribution in [3.8, 4) is 0 Å². The number of esters is 1. The molecule has 1 aliphatic rings. The summed E-state index contributed by atoms with van der Waals surface area (Å²) in [7, 11) is 0. The molecule has 0 radical (unpaired) electrons. The Morgan fingerprint density at radius 1 is 1.05 bits per heavy atom. The average Bonchev–Trinajstić information content (AvgIpc) is 2.51. The minimum atomic E-state index is -0.902. The lowest BCUT2D eigenvalue weighted by Crippen LogP contribution is -2.34. The Morgan fingerprint density at radius 3 is 2.32 bits per heavy atom.